The van der Waals surface area contributed by atoms with E-state index in [0.29, 0.717) is 38.8 Å². The highest BCUT2D eigenvalue weighted by Gasteiger charge is 2.21. The summed E-state index contributed by atoms with van der Waals surface area (Å²) in [4.78, 5) is 25.6. The van der Waals surface area contributed by atoms with Gasteiger partial charge in [0.2, 0.25) is 11.9 Å². The number of nitrogens with zero attached hydrogens (tertiary/aromatic N) is 2. The molecule has 0 saturated heterocycles. The maximum Gasteiger partial charge on any atom is 0.220 e. The monoisotopic (exact) mass is 546 g/mol. The Bertz CT molecular complexity index is 729. The number of carbonyl (C=O) groups is 1. The molecule has 1 aromatic carbocycles. The maximum absolute atomic E-state index is 12.1. The van der Waals surface area contributed by atoms with Crippen LogP contribution in [-0.4, -0.2) is 55.5 Å². The van der Waals surface area contributed by atoms with Crippen LogP contribution in [0.2, 0.25) is 0 Å². The third-order valence-electron chi connectivity index (χ3n) is 7.77. The van der Waals surface area contributed by atoms with Crippen LogP contribution < -0.4 is 11.1 Å². The van der Waals surface area contributed by atoms with Crippen molar-refractivity contribution in [1.29, 1.82) is 0 Å². The highest BCUT2D eigenvalue weighted by molar-refractivity contribution is 5.75. The van der Waals surface area contributed by atoms with E-state index in [1.54, 1.807) is 0 Å². The molecule has 0 saturated carbocycles. The zero-order valence-corrected chi connectivity index (χ0v) is 25.1. The van der Waals surface area contributed by atoms with Crippen molar-refractivity contribution >= 4 is 5.91 Å². The Morgan fingerprint density at radius 3 is 2.00 bits per heavy atom. The first-order chi connectivity index (χ1) is 18.9. The van der Waals surface area contributed by atoms with Gasteiger partial charge in [0.25, 0.3) is 0 Å². The topological polar surface area (TPSA) is 102 Å². The Morgan fingerprint density at radius 2 is 1.44 bits per heavy atom. The molecule has 0 radical (unpaired) electrons. The lowest BCUT2D eigenvalue weighted by molar-refractivity contribution is -0.524. The molecule has 3 N–H and O–H groups in total. The summed E-state index contributed by atoms with van der Waals surface area (Å²) in [5.41, 5.74) is 7.36. The summed E-state index contributed by atoms with van der Waals surface area (Å²) < 4.78 is 0. The molecule has 0 aliphatic rings. The molecule has 0 aromatic heterocycles. The van der Waals surface area contributed by atoms with Crippen LogP contribution in [0, 0.1) is 16.0 Å². The fourth-order valence-electron chi connectivity index (χ4n) is 5.15. The highest BCUT2D eigenvalue weighted by Crippen LogP contribution is 2.19. The minimum absolute atomic E-state index is 0.0527. The second-order valence-electron chi connectivity index (χ2n) is 11.6. The van der Waals surface area contributed by atoms with E-state index >= 15 is 0 Å². The largest absolute Gasteiger partial charge is 0.356 e. The van der Waals surface area contributed by atoms with E-state index in [-0.39, 0.29) is 16.7 Å². The Morgan fingerprint density at radius 1 is 0.846 bits per heavy atom. The second-order valence-corrected chi connectivity index (χ2v) is 11.6. The van der Waals surface area contributed by atoms with Crippen LogP contribution in [0.4, 0.5) is 0 Å². The number of nitro groups is 1. The number of nitrogens with one attached hydrogen (secondary N) is 1. The summed E-state index contributed by atoms with van der Waals surface area (Å²) in [5, 5.41) is 14.5. The molecule has 0 aliphatic carbocycles. The molecule has 0 spiro atoms. The molecular formula is C32H58N4O3. The van der Waals surface area contributed by atoms with Gasteiger partial charge in [-0.2, -0.15) is 0 Å². The fraction of sp³-hybridized carbons (Fsp3) is 0.781. The smallest absolute Gasteiger partial charge is 0.220 e. The Hall–Kier alpha value is -1.99. The molecule has 0 bridgehead atoms. The number of nitrogens with two attached hydrogens (primary N) is 1. The van der Waals surface area contributed by atoms with Gasteiger partial charge in [0.05, 0.1) is 0 Å². The van der Waals surface area contributed by atoms with Gasteiger partial charge in [0.1, 0.15) is 0 Å². The van der Waals surface area contributed by atoms with Gasteiger partial charge in [0, 0.05) is 30.7 Å². The molecule has 0 aliphatic heterocycles. The first-order valence-electron chi connectivity index (χ1n) is 15.7. The molecule has 1 aromatic rings. The molecule has 0 fully saturated rings. The van der Waals surface area contributed by atoms with Gasteiger partial charge in [0.15, 0.2) is 0 Å². The zero-order chi connectivity index (χ0) is 28.6. The average molecular weight is 547 g/mol. The van der Waals surface area contributed by atoms with Crippen LogP contribution in [0.15, 0.2) is 30.3 Å². The van der Waals surface area contributed by atoms with Gasteiger partial charge >= 0.3 is 0 Å². The van der Waals surface area contributed by atoms with Gasteiger partial charge in [-0.1, -0.05) is 88.1 Å². The molecule has 1 rings (SSSR count). The SMILES string of the molecule is CN(C)CCCNC(=O)CCC(CN)CCC(CCCCCCCCCCCCCc1ccccc1)[N+](=O)[O-]. The minimum Gasteiger partial charge on any atom is -0.356 e. The second kappa shape index (κ2) is 23.9. The quantitative estimate of drug-likeness (QED) is 0.0759. The molecule has 2 unspecified atom stereocenters. The highest BCUT2D eigenvalue weighted by atomic mass is 16.6. The summed E-state index contributed by atoms with van der Waals surface area (Å²) in [6, 6.07) is 10.3. The molecule has 0 heterocycles. The summed E-state index contributed by atoms with van der Waals surface area (Å²) >= 11 is 0. The number of hydrogen-bond donors (Lipinski definition) is 2. The van der Waals surface area contributed by atoms with E-state index in [1.165, 1.54) is 69.8 Å². The predicted octanol–water partition coefficient (Wildman–Crippen LogP) is 6.76. The Kier molecular flexibility index (Phi) is 21.4. The molecule has 224 valence electrons. The molecule has 7 nitrogen and oxygen atoms in total. The molecule has 7 heteroatoms. The predicted molar refractivity (Wildman–Crippen MR) is 164 cm³/mol. The van der Waals surface area contributed by atoms with Crippen molar-refractivity contribution in [3.8, 4) is 0 Å². The van der Waals surface area contributed by atoms with Gasteiger partial charge in [-0.05, 0) is 77.2 Å². The van der Waals surface area contributed by atoms with E-state index in [0.717, 1.165) is 32.2 Å². The van der Waals surface area contributed by atoms with Gasteiger partial charge in [-0.15, -0.1) is 0 Å². The molecule has 2 atom stereocenters. The van der Waals surface area contributed by atoms with E-state index < -0.39 is 6.04 Å². The minimum atomic E-state index is -0.485. The van der Waals surface area contributed by atoms with Crippen molar-refractivity contribution < 1.29 is 9.72 Å². The number of unbranched alkanes of at least 4 members (excludes halogenated alkanes) is 10. The number of benzene rings is 1. The van der Waals surface area contributed by atoms with Crippen LogP contribution in [0.5, 0.6) is 0 Å². The maximum atomic E-state index is 12.1. The molecule has 1 amide bonds. The van der Waals surface area contributed by atoms with Crippen molar-refractivity contribution in [1.82, 2.24) is 10.2 Å². The van der Waals surface area contributed by atoms with Crippen LogP contribution in [0.25, 0.3) is 0 Å². The molecular weight excluding hydrogens is 488 g/mol. The lowest BCUT2D eigenvalue weighted by Crippen LogP contribution is -2.28. The summed E-state index contributed by atoms with van der Waals surface area (Å²) in [6.07, 6.45) is 18.8. The third-order valence-corrected chi connectivity index (χ3v) is 7.77. The summed E-state index contributed by atoms with van der Waals surface area (Å²) in [5.74, 6) is 0.223. The van der Waals surface area contributed by atoms with Gasteiger partial charge in [-0.25, -0.2) is 0 Å². The van der Waals surface area contributed by atoms with Crippen LogP contribution in [-0.2, 0) is 11.2 Å². The summed E-state index contributed by atoms with van der Waals surface area (Å²) in [6.45, 7) is 2.11. The van der Waals surface area contributed by atoms with Crippen molar-refractivity contribution in [2.45, 2.75) is 122 Å². The summed E-state index contributed by atoms with van der Waals surface area (Å²) in [7, 11) is 4.04. The number of carbonyl (C=O) groups excluding carboxylic acids is 1. The van der Waals surface area contributed by atoms with Gasteiger partial charge in [-0.3, -0.25) is 14.9 Å². The lowest BCUT2D eigenvalue weighted by Gasteiger charge is -2.16. The number of rotatable bonds is 26. The zero-order valence-electron chi connectivity index (χ0n) is 25.1. The number of aryl methyl sites for hydroxylation is 1. The average Bonchev–Trinajstić information content (AvgIpc) is 2.92. The number of amides is 1. The van der Waals surface area contributed by atoms with Crippen LogP contribution in [0.1, 0.15) is 115 Å². The first-order valence-corrected chi connectivity index (χ1v) is 15.7. The van der Waals surface area contributed by atoms with Crippen molar-refractivity contribution in [2.24, 2.45) is 11.7 Å². The van der Waals surface area contributed by atoms with E-state index in [4.69, 9.17) is 5.73 Å². The lowest BCUT2D eigenvalue weighted by atomic mass is 9.93. The standard InChI is InChI=1S/C32H58N4O3/c1-35(2)27-17-26-34-32(37)25-23-30(28-33)22-24-31(36(38)39)21-16-11-9-7-5-3-4-6-8-10-13-18-29-19-14-12-15-20-29/h12,14-15,19-20,30-31H,3-11,13,16-18,21-28,33H2,1-2H3,(H,34,37). The van der Waals surface area contributed by atoms with E-state index in [1.807, 2.05) is 14.1 Å². The normalized spacial score (nSPS) is 12.9. The van der Waals surface area contributed by atoms with Crippen molar-refractivity contribution in [2.75, 3.05) is 33.7 Å². The van der Waals surface area contributed by atoms with E-state index in [9.17, 15) is 14.9 Å². The van der Waals surface area contributed by atoms with Crippen LogP contribution >= 0.6 is 0 Å². The number of hydrogen-bond acceptors (Lipinski definition) is 5. The Balaban J connectivity index is 2.01. The third kappa shape index (κ3) is 20.6. The fourth-order valence-corrected chi connectivity index (χ4v) is 5.15. The van der Waals surface area contributed by atoms with E-state index in [2.05, 4.69) is 40.5 Å². The van der Waals surface area contributed by atoms with Crippen molar-refractivity contribution in [3.63, 3.8) is 0 Å². The Labute approximate surface area is 238 Å². The molecule has 39 heavy (non-hydrogen) atoms. The van der Waals surface area contributed by atoms with Gasteiger partial charge < -0.3 is 16.0 Å². The van der Waals surface area contributed by atoms with Crippen molar-refractivity contribution in [3.05, 3.63) is 46.0 Å². The van der Waals surface area contributed by atoms with Crippen LogP contribution in [0.3, 0.4) is 0 Å². The first kappa shape index (κ1) is 35.0.